The highest BCUT2D eigenvalue weighted by Crippen LogP contribution is 2.53. The number of halogens is 2. The zero-order valence-corrected chi connectivity index (χ0v) is 38.4. The Hall–Kier alpha value is -5.21. The number of sulfonamides is 1. The van der Waals surface area contributed by atoms with Crippen LogP contribution in [0.3, 0.4) is 0 Å². The van der Waals surface area contributed by atoms with E-state index in [9.17, 15) is 32.4 Å². The van der Waals surface area contributed by atoms with E-state index in [1.54, 1.807) is 26.2 Å². The van der Waals surface area contributed by atoms with Gasteiger partial charge >= 0.3 is 23.9 Å². The Morgan fingerprint density at radius 2 is 1.54 bits per heavy atom. The van der Waals surface area contributed by atoms with Crippen LogP contribution >= 0.6 is 11.6 Å². The van der Waals surface area contributed by atoms with E-state index >= 15 is 4.39 Å². The van der Waals surface area contributed by atoms with Gasteiger partial charge in [-0.15, -0.1) is 0 Å². The standard InChI is InChI=1S/C45H53ClFN3O14S/c1-25(2)50(20-10-9-18-49-43(55)41-39(59-26(3)51)40(60-27(4)52)42(61-28(5)53)44(64-41)62-29(6)54)65(56,57)38-21-30(35(46)22-36(38)47)24-58-45(16-17-45)34-23-48-19-15-32(34)33-11-7-8-12-37(33)63-31-13-14-31/h7-8,11-12,15,19,21-23,25,31,39-42,44H,9-10,13-14,16-18,20,24H2,1-6H3,(H,49,55)/t39-,40-,41-,42+,44?/m0/s1. The summed E-state index contributed by atoms with van der Waals surface area (Å²) in [5.74, 6) is -4.70. The minimum atomic E-state index is -4.45. The van der Waals surface area contributed by atoms with E-state index < -0.39 is 92.9 Å². The van der Waals surface area contributed by atoms with Crippen molar-refractivity contribution in [1.29, 1.82) is 0 Å². The second-order valence-corrected chi connectivity index (χ2v) is 18.6. The van der Waals surface area contributed by atoms with Gasteiger partial charge in [0.2, 0.25) is 22.4 Å². The van der Waals surface area contributed by atoms with Gasteiger partial charge in [-0.05, 0) is 87.8 Å². The lowest BCUT2D eigenvalue weighted by atomic mass is 9.96. The molecule has 65 heavy (non-hydrogen) atoms. The molecule has 20 heteroatoms. The predicted octanol–water partition coefficient (Wildman–Crippen LogP) is 5.67. The van der Waals surface area contributed by atoms with Crippen molar-refractivity contribution in [3.63, 3.8) is 0 Å². The minimum Gasteiger partial charge on any atom is -0.490 e. The van der Waals surface area contributed by atoms with Crippen molar-refractivity contribution < 1.29 is 69.9 Å². The number of hydrogen-bond donors (Lipinski definition) is 1. The van der Waals surface area contributed by atoms with Gasteiger partial charge in [-0.25, -0.2) is 12.8 Å². The summed E-state index contributed by atoms with van der Waals surface area (Å²) in [5, 5.41) is 2.61. The van der Waals surface area contributed by atoms with Gasteiger partial charge in [-0.2, -0.15) is 4.31 Å². The summed E-state index contributed by atoms with van der Waals surface area (Å²) in [5.41, 5.74) is 2.19. The third-order valence-corrected chi connectivity index (χ3v) is 13.3. The van der Waals surface area contributed by atoms with Crippen molar-refractivity contribution in [3.05, 3.63) is 76.8 Å². The van der Waals surface area contributed by atoms with Crippen LogP contribution in [0.2, 0.25) is 5.02 Å². The van der Waals surface area contributed by atoms with Gasteiger partial charge in [-0.1, -0.05) is 29.8 Å². The van der Waals surface area contributed by atoms with E-state index in [1.807, 2.05) is 30.3 Å². The molecule has 2 heterocycles. The number of esters is 4. The monoisotopic (exact) mass is 945 g/mol. The summed E-state index contributed by atoms with van der Waals surface area (Å²) >= 11 is 6.52. The number of pyridine rings is 1. The highest BCUT2D eigenvalue weighted by Gasteiger charge is 2.55. The van der Waals surface area contributed by atoms with Crippen molar-refractivity contribution in [1.82, 2.24) is 14.6 Å². The largest absolute Gasteiger partial charge is 0.490 e. The lowest BCUT2D eigenvalue weighted by Gasteiger charge is -2.43. The molecule has 1 N–H and O–H groups in total. The number of rotatable bonds is 20. The average Bonchev–Trinajstić information content (AvgIpc) is 4.18. The van der Waals surface area contributed by atoms with Crippen molar-refractivity contribution in [2.45, 2.75) is 140 Å². The maximum atomic E-state index is 15.7. The molecule has 1 saturated heterocycles. The number of carbonyl (C=O) groups excluding carboxylic acids is 5. The molecule has 2 aromatic carbocycles. The van der Waals surface area contributed by atoms with Crippen molar-refractivity contribution in [2.75, 3.05) is 13.1 Å². The maximum absolute atomic E-state index is 15.7. The summed E-state index contributed by atoms with van der Waals surface area (Å²) in [7, 11) is -4.45. The fourth-order valence-corrected chi connectivity index (χ4v) is 9.56. The fraction of sp³-hybridized carbons (Fsp3) is 0.511. The highest BCUT2D eigenvalue weighted by molar-refractivity contribution is 7.89. The Morgan fingerprint density at radius 3 is 2.17 bits per heavy atom. The average molecular weight is 946 g/mol. The van der Waals surface area contributed by atoms with E-state index in [-0.39, 0.29) is 49.2 Å². The van der Waals surface area contributed by atoms with E-state index in [1.165, 1.54) is 6.07 Å². The summed E-state index contributed by atoms with van der Waals surface area (Å²) in [6.45, 7) is 7.18. The normalized spacial score (nSPS) is 21.3. The number of para-hydroxylation sites is 1. The molecule has 17 nitrogen and oxygen atoms in total. The van der Waals surface area contributed by atoms with Gasteiger partial charge < -0.3 is 38.5 Å². The van der Waals surface area contributed by atoms with Crippen molar-refractivity contribution >= 4 is 51.4 Å². The minimum absolute atomic E-state index is 0.00295. The molecule has 1 unspecified atom stereocenters. The molecule has 5 atom stereocenters. The number of unbranched alkanes of at least 4 members (excludes halogenated alkanes) is 1. The van der Waals surface area contributed by atoms with Gasteiger partial charge in [0.1, 0.15) is 16.5 Å². The van der Waals surface area contributed by atoms with Crippen molar-refractivity contribution in [2.24, 2.45) is 0 Å². The quantitative estimate of drug-likeness (QED) is 0.0822. The van der Waals surface area contributed by atoms with Crippen LogP contribution in [0.1, 0.15) is 91.2 Å². The third-order valence-electron chi connectivity index (χ3n) is 10.8. The number of ether oxygens (including phenoxy) is 7. The topological polar surface area (TPSA) is 212 Å². The van der Waals surface area contributed by atoms with Crippen molar-refractivity contribution in [3.8, 4) is 16.9 Å². The Balaban J connectivity index is 1.12. The summed E-state index contributed by atoms with van der Waals surface area (Å²) in [6, 6.07) is 11.2. The zero-order chi connectivity index (χ0) is 47.2. The van der Waals surface area contributed by atoms with Gasteiger partial charge in [0.05, 0.1) is 18.3 Å². The Kier molecular flexibility index (Phi) is 15.9. The lowest BCUT2D eigenvalue weighted by Crippen LogP contribution is -2.65. The van der Waals surface area contributed by atoms with Crippen LogP contribution in [-0.2, 0) is 74.6 Å². The molecular weight excluding hydrogens is 893 g/mol. The first-order valence-electron chi connectivity index (χ1n) is 21.3. The highest BCUT2D eigenvalue weighted by atomic mass is 35.5. The van der Waals surface area contributed by atoms with Crippen LogP contribution in [0.25, 0.3) is 11.1 Å². The molecule has 0 radical (unpaired) electrons. The Morgan fingerprint density at radius 1 is 0.892 bits per heavy atom. The predicted molar refractivity (Wildman–Crippen MR) is 229 cm³/mol. The first-order chi connectivity index (χ1) is 30.8. The molecule has 3 fully saturated rings. The van der Waals surface area contributed by atoms with Gasteiger partial charge in [0, 0.05) is 75.4 Å². The van der Waals surface area contributed by atoms with Crippen LogP contribution in [-0.4, -0.2) is 103 Å². The molecule has 3 aromatic rings. The molecule has 0 bridgehead atoms. The number of benzene rings is 2. The van der Waals surface area contributed by atoms with Crippen LogP contribution in [0.5, 0.6) is 5.75 Å². The molecule has 2 saturated carbocycles. The first-order valence-corrected chi connectivity index (χ1v) is 23.1. The number of nitrogens with one attached hydrogen (secondary N) is 1. The van der Waals surface area contributed by atoms with E-state index in [0.29, 0.717) is 12.8 Å². The molecule has 2 aliphatic carbocycles. The molecule has 0 spiro atoms. The zero-order valence-electron chi connectivity index (χ0n) is 36.9. The Labute approximate surface area is 381 Å². The lowest BCUT2D eigenvalue weighted by molar-refractivity contribution is -0.290. The molecule has 6 rings (SSSR count). The SMILES string of the molecule is CC(=O)OC1O[C@H](C(=O)NCCCCN(C(C)C)S(=O)(=O)c2cc(COC3(c4cnccc4-c4ccccc4OC4CC4)CC3)c(Cl)cc2F)[C@@H](OC(C)=O)[C@H](OC(C)=O)[C@H]1OC(C)=O. The molecule has 1 aromatic heterocycles. The van der Waals surface area contributed by atoms with Crippen LogP contribution in [0.4, 0.5) is 4.39 Å². The molecule has 1 aliphatic heterocycles. The number of amides is 1. The molecule has 1 amide bonds. The van der Waals surface area contributed by atoms with Crippen LogP contribution < -0.4 is 10.1 Å². The fourth-order valence-electron chi connectivity index (χ4n) is 7.58. The molecule has 3 aliphatic rings. The second-order valence-electron chi connectivity index (χ2n) is 16.4. The van der Waals surface area contributed by atoms with Gasteiger partial charge in [0.25, 0.3) is 5.91 Å². The molecule has 352 valence electrons. The first kappa shape index (κ1) is 49.2. The van der Waals surface area contributed by atoms with Gasteiger partial charge in [0.15, 0.2) is 18.3 Å². The Bertz CT molecular complexity index is 2380. The second kappa shape index (κ2) is 21.0. The van der Waals surface area contributed by atoms with E-state index in [4.69, 9.17) is 44.8 Å². The number of hydrogen-bond acceptors (Lipinski definition) is 15. The number of aromatic nitrogens is 1. The smallest absolute Gasteiger partial charge is 0.305 e. The van der Waals surface area contributed by atoms with Crippen LogP contribution in [0.15, 0.2) is 59.8 Å². The summed E-state index contributed by atoms with van der Waals surface area (Å²) < 4.78 is 84.6. The van der Waals surface area contributed by atoms with E-state index in [0.717, 1.165) is 73.3 Å². The summed E-state index contributed by atoms with van der Waals surface area (Å²) in [6.07, 6.45) is -0.947. The number of carbonyl (C=O) groups is 5. The maximum Gasteiger partial charge on any atom is 0.305 e. The number of nitrogens with zero attached hydrogens (tertiary/aromatic N) is 2. The van der Waals surface area contributed by atoms with Gasteiger partial charge in [-0.3, -0.25) is 29.0 Å². The van der Waals surface area contributed by atoms with Crippen LogP contribution in [0, 0.1) is 5.82 Å². The molecular formula is C45H53ClFN3O14S. The third kappa shape index (κ3) is 12.2. The summed E-state index contributed by atoms with van der Waals surface area (Å²) in [4.78, 5) is 65.5. The van der Waals surface area contributed by atoms with E-state index in [2.05, 4.69) is 10.3 Å².